The van der Waals surface area contributed by atoms with Crippen LogP contribution in [-0.4, -0.2) is 30.2 Å². The molecular weight excluding hydrogens is 358 g/mol. The number of ether oxygens (including phenoxy) is 2. The molecule has 2 aromatic carbocycles. The third-order valence-corrected chi connectivity index (χ3v) is 4.04. The van der Waals surface area contributed by atoms with Crippen LogP contribution in [0.1, 0.15) is 0 Å². The second-order valence-electron chi connectivity index (χ2n) is 5.42. The monoisotopic (exact) mass is 373 g/mol. The molecule has 8 heteroatoms. The molecule has 0 atom stereocenters. The van der Waals surface area contributed by atoms with Gasteiger partial charge in [-0.15, -0.1) is 0 Å². The Kier molecular flexibility index (Phi) is 5.50. The van der Waals surface area contributed by atoms with Gasteiger partial charge in [-0.1, -0.05) is 11.6 Å². The number of hydrogen-bond donors (Lipinski definition) is 1. The van der Waals surface area contributed by atoms with Crippen molar-refractivity contribution in [2.75, 3.05) is 25.6 Å². The summed E-state index contributed by atoms with van der Waals surface area (Å²) in [7, 11) is 1.60. The van der Waals surface area contributed by atoms with E-state index >= 15 is 0 Å². The van der Waals surface area contributed by atoms with Crippen LogP contribution in [0.5, 0.6) is 5.75 Å². The van der Waals surface area contributed by atoms with Crippen LogP contribution in [0.25, 0.3) is 10.8 Å². The van der Waals surface area contributed by atoms with E-state index in [2.05, 4.69) is 10.3 Å². The number of nitrogens with one attached hydrogen (secondary N) is 1. The van der Waals surface area contributed by atoms with Gasteiger partial charge >= 0.3 is 0 Å². The lowest BCUT2D eigenvalue weighted by molar-refractivity contribution is -0.383. The van der Waals surface area contributed by atoms with Gasteiger partial charge < -0.3 is 14.8 Å². The Hall–Kier alpha value is -2.90. The van der Waals surface area contributed by atoms with Crippen molar-refractivity contribution in [1.82, 2.24) is 4.98 Å². The van der Waals surface area contributed by atoms with Crippen LogP contribution in [-0.2, 0) is 4.74 Å². The van der Waals surface area contributed by atoms with Crippen molar-refractivity contribution in [2.45, 2.75) is 0 Å². The quantitative estimate of drug-likeness (QED) is 0.371. The minimum Gasteiger partial charge on any atom is -0.490 e. The second kappa shape index (κ2) is 7.99. The number of aromatic nitrogens is 1. The number of nitro groups is 1. The Balaban J connectivity index is 1.89. The number of halogens is 1. The van der Waals surface area contributed by atoms with Crippen LogP contribution in [0.3, 0.4) is 0 Å². The summed E-state index contributed by atoms with van der Waals surface area (Å²) in [4.78, 5) is 14.8. The molecule has 26 heavy (non-hydrogen) atoms. The van der Waals surface area contributed by atoms with Gasteiger partial charge in [0.2, 0.25) is 0 Å². The maximum Gasteiger partial charge on any atom is 0.278 e. The largest absolute Gasteiger partial charge is 0.490 e. The van der Waals surface area contributed by atoms with Gasteiger partial charge in [0.1, 0.15) is 12.4 Å². The lowest BCUT2D eigenvalue weighted by Gasteiger charge is -2.12. The number of methoxy groups -OCH3 is 1. The molecule has 0 radical (unpaired) electrons. The first-order valence-electron chi connectivity index (χ1n) is 7.79. The summed E-state index contributed by atoms with van der Waals surface area (Å²) in [5.74, 6) is 0.562. The van der Waals surface area contributed by atoms with Crippen molar-refractivity contribution in [1.29, 1.82) is 0 Å². The average molecular weight is 374 g/mol. The fraction of sp³-hybridized carbons (Fsp3) is 0.167. The highest BCUT2D eigenvalue weighted by Crippen LogP contribution is 2.34. The lowest BCUT2D eigenvalue weighted by Crippen LogP contribution is -2.04. The number of nitrogens with zero attached hydrogens (tertiary/aromatic N) is 2. The van der Waals surface area contributed by atoms with E-state index in [0.29, 0.717) is 34.8 Å². The van der Waals surface area contributed by atoms with E-state index in [9.17, 15) is 10.1 Å². The summed E-state index contributed by atoms with van der Waals surface area (Å²) in [6, 6.07) is 10.2. The zero-order chi connectivity index (χ0) is 18.5. The minimum atomic E-state index is -0.420. The van der Waals surface area contributed by atoms with Crippen LogP contribution in [0.2, 0.25) is 5.02 Å². The topological polar surface area (TPSA) is 86.5 Å². The number of hydrogen-bond acceptors (Lipinski definition) is 6. The Bertz CT molecular complexity index is 949. The summed E-state index contributed by atoms with van der Waals surface area (Å²) < 4.78 is 10.5. The van der Waals surface area contributed by atoms with Crippen LogP contribution in [0.15, 0.2) is 48.8 Å². The van der Waals surface area contributed by atoms with Gasteiger partial charge in [0.15, 0.2) is 0 Å². The van der Waals surface area contributed by atoms with Gasteiger partial charge in [-0.25, -0.2) is 0 Å². The zero-order valence-corrected chi connectivity index (χ0v) is 14.7. The van der Waals surface area contributed by atoms with Crippen molar-refractivity contribution in [2.24, 2.45) is 0 Å². The lowest BCUT2D eigenvalue weighted by atomic mass is 10.1. The van der Waals surface area contributed by atoms with E-state index < -0.39 is 4.92 Å². The maximum absolute atomic E-state index is 11.2. The number of anilines is 2. The number of non-ortho nitro benzene ring substituents is 1. The van der Waals surface area contributed by atoms with Crippen molar-refractivity contribution in [3.8, 4) is 5.75 Å². The first kappa shape index (κ1) is 17.9. The van der Waals surface area contributed by atoms with Crippen molar-refractivity contribution in [3.05, 3.63) is 63.9 Å². The standard InChI is InChI=1S/C18H16ClN3O4/c1-25-8-9-26-18-5-2-12(10-15(18)19)21-16-3-4-17(22(23)24)14-11-20-7-6-13(14)16/h2-7,10-11,21H,8-9H2,1H3. The molecule has 134 valence electrons. The van der Waals surface area contributed by atoms with Crippen LogP contribution < -0.4 is 10.1 Å². The van der Waals surface area contributed by atoms with Gasteiger partial charge in [0.05, 0.1) is 21.9 Å². The van der Waals surface area contributed by atoms with E-state index in [1.165, 1.54) is 12.3 Å². The molecule has 0 fully saturated rings. The predicted molar refractivity (Wildman–Crippen MR) is 101 cm³/mol. The molecule has 0 amide bonds. The molecular formula is C18H16ClN3O4. The molecule has 0 bridgehead atoms. The van der Waals surface area contributed by atoms with E-state index in [4.69, 9.17) is 21.1 Å². The minimum absolute atomic E-state index is 0.0126. The van der Waals surface area contributed by atoms with Crippen LogP contribution in [0, 0.1) is 10.1 Å². The molecule has 0 saturated heterocycles. The fourth-order valence-electron chi connectivity index (χ4n) is 2.53. The summed E-state index contributed by atoms with van der Waals surface area (Å²) in [5, 5.41) is 16.0. The summed E-state index contributed by atoms with van der Waals surface area (Å²) in [6.07, 6.45) is 3.08. The second-order valence-corrected chi connectivity index (χ2v) is 5.83. The van der Waals surface area contributed by atoms with Crippen molar-refractivity contribution < 1.29 is 14.4 Å². The van der Waals surface area contributed by atoms with Gasteiger partial charge in [0, 0.05) is 42.3 Å². The highest BCUT2D eigenvalue weighted by atomic mass is 35.5. The number of fused-ring (bicyclic) bond motifs is 1. The molecule has 0 aliphatic rings. The van der Waals surface area contributed by atoms with Gasteiger partial charge in [-0.2, -0.15) is 0 Å². The van der Waals surface area contributed by atoms with Crippen LogP contribution in [0.4, 0.5) is 17.1 Å². The Labute approximate surface area is 154 Å². The number of rotatable bonds is 7. The Morgan fingerprint density at radius 1 is 1.19 bits per heavy atom. The first-order chi connectivity index (χ1) is 12.6. The highest BCUT2D eigenvalue weighted by Gasteiger charge is 2.14. The molecule has 1 heterocycles. The number of pyridine rings is 1. The van der Waals surface area contributed by atoms with E-state index in [0.717, 1.165) is 11.4 Å². The molecule has 0 aliphatic heterocycles. The third-order valence-electron chi connectivity index (χ3n) is 3.75. The normalized spacial score (nSPS) is 10.7. The SMILES string of the molecule is COCCOc1ccc(Nc2ccc([N+](=O)[O-])c3cnccc23)cc1Cl. The highest BCUT2D eigenvalue weighted by molar-refractivity contribution is 6.32. The van der Waals surface area contributed by atoms with Gasteiger partial charge in [-0.3, -0.25) is 15.1 Å². The maximum atomic E-state index is 11.2. The molecule has 0 saturated carbocycles. The number of benzene rings is 2. The molecule has 1 N–H and O–H groups in total. The van der Waals surface area contributed by atoms with Gasteiger partial charge in [0.25, 0.3) is 5.69 Å². The molecule has 0 aliphatic carbocycles. The van der Waals surface area contributed by atoms with E-state index in [-0.39, 0.29) is 5.69 Å². The smallest absolute Gasteiger partial charge is 0.278 e. The molecule has 3 aromatic rings. The van der Waals surface area contributed by atoms with E-state index in [1.54, 1.807) is 37.6 Å². The summed E-state index contributed by atoms with van der Waals surface area (Å²) in [6.45, 7) is 0.877. The average Bonchev–Trinajstić information content (AvgIpc) is 2.63. The fourth-order valence-corrected chi connectivity index (χ4v) is 2.76. The summed E-state index contributed by atoms with van der Waals surface area (Å²) >= 11 is 6.25. The molecule has 0 spiro atoms. The molecule has 0 unspecified atom stereocenters. The van der Waals surface area contributed by atoms with Crippen molar-refractivity contribution in [3.63, 3.8) is 0 Å². The molecule has 1 aromatic heterocycles. The van der Waals surface area contributed by atoms with Crippen molar-refractivity contribution >= 4 is 39.4 Å². The summed E-state index contributed by atoms with van der Waals surface area (Å²) in [5.41, 5.74) is 1.47. The predicted octanol–water partition coefficient (Wildman–Crippen LogP) is 4.57. The Morgan fingerprint density at radius 3 is 2.77 bits per heavy atom. The Morgan fingerprint density at radius 2 is 2.04 bits per heavy atom. The third kappa shape index (κ3) is 3.84. The molecule has 7 nitrogen and oxygen atoms in total. The zero-order valence-electron chi connectivity index (χ0n) is 13.9. The number of nitro benzene ring substituents is 1. The van der Waals surface area contributed by atoms with Crippen LogP contribution >= 0.6 is 11.6 Å². The van der Waals surface area contributed by atoms with E-state index in [1.807, 2.05) is 6.07 Å². The molecule has 3 rings (SSSR count). The first-order valence-corrected chi connectivity index (χ1v) is 8.17. The van der Waals surface area contributed by atoms with Gasteiger partial charge in [-0.05, 0) is 30.3 Å².